The minimum atomic E-state index is -0.0632. The third-order valence-electron chi connectivity index (χ3n) is 3.58. The second-order valence-electron chi connectivity index (χ2n) is 4.81. The van der Waals surface area contributed by atoms with Crippen molar-refractivity contribution in [3.05, 3.63) is 18.2 Å². The fourth-order valence-corrected chi connectivity index (χ4v) is 2.35. The van der Waals surface area contributed by atoms with Gasteiger partial charge in [0, 0.05) is 32.7 Å². The van der Waals surface area contributed by atoms with Crippen molar-refractivity contribution < 1.29 is 9.53 Å². The molecule has 19 heavy (non-hydrogen) atoms. The van der Waals surface area contributed by atoms with E-state index in [-0.39, 0.29) is 5.91 Å². The lowest BCUT2D eigenvalue weighted by atomic mass is 10.1. The summed E-state index contributed by atoms with van der Waals surface area (Å²) in [6, 6.07) is 0.376. The van der Waals surface area contributed by atoms with Gasteiger partial charge < -0.3 is 14.6 Å². The maximum Gasteiger partial charge on any atom is 0.269 e. The first-order valence-electron chi connectivity index (χ1n) is 6.78. The van der Waals surface area contributed by atoms with Crippen LogP contribution < -0.4 is 5.32 Å². The van der Waals surface area contributed by atoms with Gasteiger partial charge in [0.1, 0.15) is 5.69 Å². The van der Waals surface area contributed by atoms with Gasteiger partial charge in [-0.25, -0.2) is 4.98 Å². The zero-order valence-electron chi connectivity index (χ0n) is 11.6. The number of amides is 1. The average Bonchev–Trinajstić information content (AvgIpc) is 2.87. The number of ether oxygens (including phenoxy) is 1. The highest BCUT2D eigenvalue weighted by Gasteiger charge is 2.20. The molecule has 6 heteroatoms. The zero-order chi connectivity index (χ0) is 13.7. The normalized spacial score (nSPS) is 18.2. The number of hydrogen-bond acceptors (Lipinski definition) is 4. The number of nitrogens with one attached hydrogen (secondary N) is 1. The SMILES string of the molecule is CCC(CNC(=O)c1cncn1C)N1CCOCC1. The number of rotatable bonds is 5. The van der Waals surface area contributed by atoms with Crippen LogP contribution in [-0.4, -0.2) is 59.2 Å². The van der Waals surface area contributed by atoms with Gasteiger partial charge in [0.2, 0.25) is 0 Å². The van der Waals surface area contributed by atoms with Gasteiger partial charge in [0.25, 0.3) is 5.91 Å². The Morgan fingerprint density at radius 2 is 2.26 bits per heavy atom. The Hall–Kier alpha value is -1.40. The van der Waals surface area contributed by atoms with E-state index in [4.69, 9.17) is 4.74 Å². The van der Waals surface area contributed by atoms with E-state index < -0.39 is 0 Å². The summed E-state index contributed by atoms with van der Waals surface area (Å²) in [6.07, 6.45) is 4.24. The highest BCUT2D eigenvalue weighted by Crippen LogP contribution is 2.07. The fraction of sp³-hybridized carbons (Fsp3) is 0.692. The molecule has 106 valence electrons. The largest absolute Gasteiger partial charge is 0.379 e. The van der Waals surface area contributed by atoms with E-state index in [1.165, 1.54) is 0 Å². The molecule has 1 aromatic heterocycles. The van der Waals surface area contributed by atoms with E-state index in [9.17, 15) is 4.79 Å². The van der Waals surface area contributed by atoms with Gasteiger partial charge in [0.05, 0.1) is 25.7 Å². The van der Waals surface area contributed by atoms with E-state index in [1.54, 1.807) is 17.1 Å². The van der Waals surface area contributed by atoms with Crippen molar-refractivity contribution in [2.45, 2.75) is 19.4 Å². The predicted octanol–water partition coefficient (Wildman–Crippen LogP) is 0.261. The average molecular weight is 266 g/mol. The summed E-state index contributed by atoms with van der Waals surface area (Å²) in [6.45, 7) is 6.27. The molecule has 1 atom stereocenters. The van der Waals surface area contributed by atoms with Crippen LogP contribution in [0.4, 0.5) is 0 Å². The lowest BCUT2D eigenvalue weighted by Crippen LogP contribution is -2.48. The van der Waals surface area contributed by atoms with Gasteiger partial charge in [-0.05, 0) is 6.42 Å². The predicted molar refractivity (Wildman–Crippen MR) is 72.0 cm³/mol. The molecule has 1 aromatic rings. The van der Waals surface area contributed by atoms with Crippen LogP contribution in [0.1, 0.15) is 23.8 Å². The first-order chi connectivity index (χ1) is 9.22. The number of carbonyl (C=O) groups is 1. The highest BCUT2D eigenvalue weighted by atomic mass is 16.5. The Kier molecular flexibility index (Phi) is 4.93. The molecule has 1 aliphatic heterocycles. The number of carbonyl (C=O) groups excluding carboxylic acids is 1. The molecule has 0 spiro atoms. The lowest BCUT2D eigenvalue weighted by molar-refractivity contribution is 0.0159. The molecule has 0 aliphatic carbocycles. The molecule has 2 rings (SSSR count). The van der Waals surface area contributed by atoms with Crippen molar-refractivity contribution in [3.8, 4) is 0 Å². The molecular weight excluding hydrogens is 244 g/mol. The molecule has 0 aromatic carbocycles. The number of morpholine rings is 1. The van der Waals surface area contributed by atoms with Crippen molar-refractivity contribution in [1.29, 1.82) is 0 Å². The number of aryl methyl sites for hydroxylation is 1. The van der Waals surface area contributed by atoms with Crippen LogP contribution in [0.5, 0.6) is 0 Å². The zero-order valence-corrected chi connectivity index (χ0v) is 11.6. The van der Waals surface area contributed by atoms with Crippen LogP contribution in [0.25, 0.3) is 0 Å². The van der Waals surface area contributed by atoms with Crippen molar-refractivity contribution in [3.63, 3.8) is 0 Å². The number of aromatic nitrogens is 2. The standard InChI is InChI=1S/C13H22N4O2/c1-3-11(17-4-6-19-7-5-17)8-15-13(18)12-9-14-10-16(12)2/h9-11H,3-8H2,1-2H3,(H,15,18). The molecule has 1 N–H and O–H groups in total. The Balaban J connectivity index is 1.85. The quantitative estimate of drug-likeness (QED) is 0.830. The minimum absolute atomic E-state index is 0.0632. The van der Waals surface area contributed by atoms with Crippen molar-refractivity contribution in [2.24, 2.45) is 7.05 Å². The van der Waals surface area contributed by atoms with Gasteiger partial charge in [0.15, 0.2) is 0 Å². The van der Waals surface area contributed by atoms with Gasteiger partial charge in [-0.3, -0.25) is 9.69 Å². The number of imidazole rings is 1. The lowest BCUT2D eigenvalue weighted by Gasteiger charge is -2.34. The molecule has 1 saturated heterocycles. The fourth-order valence-electron chi connectivity index (χ4n) is 2.35. The summed E-state index contributed by atoms with van der Waals surface area (Å²) in [5, 5.41) is 2.99. The first-order valence-corrected chi connectivity index (χ1v) is 6.78. The van der Waals surface area contributed by atoms with Crippen LogP contribution >= 0.6 is 0 Å². The summed E-state index contributed by atoms with van der Waals surface area (Å²) >= 11 is 0. The summed E-state index contributed by atoms with van der Waals surface area (Å²) in [5.41, 5.74) is 0.594. The van der Waals surface area contributed by atoms with Crippen molar-refractivity contribution in [1.82, 2.24) is 19.8 Å². The van der Waals surface area contributed by atoms with E-state index in [0.29, 0.717) is 18.3 Å². The van der Waals surface area contributed by atoms with E-state index in [2.05, 4.69) is 22.1 Å². The Morgan fingerprint density at radius 1 is 1.53 bits per heavy atom. The third-order valence-corrected chi connectivity index (χ3v) is 3.58. The summed E-state index contributed by atoms with van der Waals surface area (Å²) in [7, 11) is 1.82. The molecule has 1 aliphatic rings. The monoisotopic (exact) mass is 266 g/mol. The maximum atomic E-state index is 12.0. The van der Waals surface area contributed by atoms with Gasteiger partial charge in [-0.1, -0.05) is 6.92 Å². The van der Waals surface area contributed by atoms with Crippen LogP contribution in [0.15, 0.2) is 12.5 Å². The van der Waals surface area contributed by atoms with Gasteiger partial charge >= 0.3 is 0 Å². The van der Waals surface area contributed by atoms with Crippen molar-refractivity contribution >= 4 is 5.91 Å². The number of hydrogen-bond donors (Lipinski definition) is 1. The van der Waals surface area contributed by atoms with E-state index in [0.717, 1.165) is 32.7 Å². The molecule has 0 radical (unpaired) electrons. The van der Waals surface area contributed by atoms with E-state index >= 15 is 0 Å². The molecular formula is C13H22N4O2. The second kappa shape index (κ2) is 6.68. The van der Waals surface area contributed by atoms with Crippen LogP contribution in [-0.2, 0) is 11.8 Å². The Morgan fingerprint density at radius 3 is 2.84 bits per heavy atom. The molecule has 1 fully saturated rings. The topological polar surface area (TPSA) is 59.4 Å². The van der Waals surface area contributed by atoms with Gasteiger partial charge in [-0.2, -0.15) is 0 Å². The smallest absolute Gasteiger partial charge is 0.269 e. The molecule has 1 amide bonds. The third kappa shape index (κ3) is 3.54. The highest BCUT2D eigenvalue weighted by molar-refractivity contribution is 5.92. The van der Waals surface area contributed by atoms with Crippen LogP contribution in [0.2, 0.25) is 0 Å². The van der Waals surface area contributed by atoms with E-state index in [1.807, 2.05) is 7.05 Å². The Bertz CT molecular complexity index is 413. The molecule has 6 nitrogen and oxygen atoms in total. The molecule has 1 unspecified atom stereocenters. The molecule has 0 bridgehead atoms. The summed E-state index contributed by atoms with van der Waals surface area (Å²) in [4.78, 5) is 18.4. The summed E-state index contributed by atoms with van der Waals surface area (Å²) < 4.78 is 7.08. The van der Waals surface area contributed by atoms with Crippen LogP contribution in [0, 0.1) is 0 Å². The Labute approximate surface area is 113 Å². The number of nitrogens with zero attached hydrogens (tertiary/aromatic N) is 3. The maximum absolute atomic E-state index is 12.0. The second-order valence-corrected chi connectivity index (χ2v) is 4.81. The molecule has 0 saturated carbocycles. The van der Waals surface area contributed by atoms with Crippen molar-refractivity contribution in [2.75, 3.05) is 32.8 Å². The van der Waals surface area contributed by atoms with Crippen LogP contribution in [0.3, 0.4) is 0 Å². The summed E-state index contributed by atoms with van der Waals surface area (Å²) in [5.74, 6) is -0.0632. The first kappa shape index (κ1) is 14.0. The van der Waals surface area contributed by atoms with Gasteiger partial charge in [-0.15, -0.1) is 0 Å². The molecule has 2 heterocycles. The minimum Gasteiger partial charge on any atom is -0.379 e.